The Kier molecular flexibility index (Phi) is 5.76. The molecule has 2 aromatic rings. The van der Waals surface area contributed by atoms with Crippen molar-refractivity contribution in [2.45, 2.75) is 6.42 Å². The highest BCUT2D eigenvalue weighted by molar-refractivity contribution is 7.99. The number of para-hydroxylation sites is 1. The van der Waals surface area contributed by atoms with Crippen LogP contribution in [-0.2, 0) is 0 Å². The van der Waals surface area contributed by atoms with Gasteiger partial charge in [0, 0.05) is 31.3 Å². The van der Waals surface area contributed by atoms with Crippen LogP contribution < -0.4 is 5.32 Å². The average Bonchev–Trinajstić information content (AvgIpc) is 2.50. The summed E-state index contributed by atoms with van der Waals surface area (Å²) >= 11 is 1.72. The molecule has 0 fully saturated rings. The lowest BCUT2D eigenvalue weighted by Crippen LogP contribution is -2.26. The van der Waals surface area contributed by atoms with E-state index in [4.69, 9.17) is 5.11 Å². The first-order valence-electron chi connectivity index (χ1n) is 6.49. The van der Waals surface area contributed by atoms with Crippen molar-refractivity contribution in [3.63, 3.8) is 0 Å². The van der Waals surface area contributed by atoms with Crippen LogP contribution >= 0.6 is 11.8 Å². The van der Waals surface area contributed by atoms with Crippen LogP contribution in [0.2, 0.25) is 0 Å². The van der Waals surface area contributed by atoms with Crippen molar-refractivity contribution in [3.05, 3.63) is 36.2 Å². The zero-order chi connectivity index (χ0) is 14.2. The van der Waals surface area contributed by atoms with Gasteiger partial charge in [0.05, 0.1) is 11.1 Å². The summed E-state index contributed by atoms with van der Waals surface area (Å²) in [4.78, 5) is 20.5. The number of aromatic nitrogens is 2. The summed E-state index contributed by atoms with van der Waals surface area (Å²) in [5, 5.41) is 11.5. The highest BCUT2D eigenvalue weighted by atomic mass is 32.2. The number of benzene rings is 1. The minimum absolute atomic E-state index is 0.126. The van der Waals surface area contributed by atoms with Crippen molar-refractivity contribution in [1.29, 1.82) is 0 Å². The van der Waals surface area contributed by atoms with Crippen molar-refractivity contribution >= 4 is 28.7 Å². The van der Waals surface area contributed by atoms with Gasteiger partial charge >= 0.3 is 0 Å². The first-order valence-corrected chi connectivity index (χ1v) is 7.65. The third kappa shape index (κ3) is 3.91. The van der Waals surface area contributed by atoms with E-state index < -0.39 is 0 Å². The van der Waals surface area contributed by atoms with E-state index in [1.807, 2.05) is 12.1 Å². The van der Waals surface area contributed by atoms with E-state index in [0.29, 0.717) is 17.6 Å². The molecule has 106 valence electrons. The smallest absolute Gasteiger partial charge is 0.253 e. The maximum absolute atomic E-state index is 12.1. The van der Waals surface area contributed by atoms with Crippen molar-refractivity contribution in [1.82, 2.24) is 15.3 Å². The lowest BCUT2D eigenvalue weighted by atomic mass is 10.1. The van der Waals surface area contributed by atoms with Crippen molar-refractivity contribution in [3.8, 4) is 0 Å². The van der Waals surface area contributed by atoms with E-state index in [1.165, 1.54) is 0 Å². The fraction of sp³-hybridized carbons (Fsp3) is 0.357. The first-order chi connectivity index (χ1) is 9.83. The summed E-state index contributed by atoms with van der Waals surface area (Å²) in [6, 6.07) is 5.40. The molecule has 0 aliphatic rings. The SMILES string of the molecule is O=C(NCCSCCCO)c1cccc2nccnc12. The summed E-state index contributed by atoms with van der Waals surface area (Å²) < 4.78 is 0. The molecule has 1 amide bonds. The van der Waals surface area contributed by atoms with Crippen LogP contribution in [-0.4, -0.2) is 45.6 Å². The predicted molar refractivity (Wildman–Crippen MR) is 80.9 cm³/mol. The van der Waals surface area contributed by atoms with Gasteiger partial charge in [0.15, 0.2) is 0 Å². The van der Waals surface area contributed by atoms with E-state index >= 15 is 0 Å². The second kappa shape index (κ2) is 7.81. The standard InChI is InChI=1S/C14H17N3O2S/c18-8-2-9-20-10-7-17-14(19)11-3-1-4-12-13(11)16-6-5-15-12/h1,3-6,18H,2,7-10H2,(H,17,19). The van der Waals surface area contributed by atoms with Crippen LogP contribution in [0.4, 0.5) is 0 Å². The molecule has 0 saturated heterocycles. The van der Waals surface area contributed by atoms with Gasteiger partial charge in [0.2, 0.25) is 0 Å². The summed E-state index contributed by atoms with van der Waals surface area (Å²) in [5.41, 5.74) is 1.90. The van der Waals surface area contributed by atoms with Crippen LogP contribution in [0.1, 0.15) is 16.8 Å². The number of carbonyl (C=O) groups excluding carboxylic acids is 1. The molecule has 1 aromatic heterocycles. The van der Waals surface area contributed by atoms with E-state index in [2.05, 4.69) is 15.3 Å². The fourth-order valence-corrected chi connectivity index (χ4v) is 2.56. The molecule has 1 heterocycles. The first kappa shape index (κ1) is 14.7. The van der Waals surface area contributed by atoms with Gasteiger partial charge in [-0.25, -0.2) is 0 Å². The number of carbonyl (C=O) groups is 1. The molecule has 0 saturated carbocycles. The number of aliphatic hydroxyl groups excluding tert-OH is 1. The maximum Gasteiger partial charge on any atom is 0.253 e. The van der Waals surface area contributed by atoms with Crippen LogP contribution in [0.25, 0.3) is 11.0 Å². The van der Waals surface area contributed by atoms with Gasteiger partial charge in [-0.05, 0) is 24.3 Å². The number of thioether (sulfide) groups is 1. The molecule has 0 unspecified atom stereocenters. The van der Waals surface area contributed by atoms with Crippen LogP contribution in [0, 0.1) is 0 Å². The number of fused-ring (bicyclic) bond motifs is 1. The van der Waals surface area contributed by atoms with Gasteiger partial charge in [0.25, 0.3) is 5.91 Å². The van der Waals surface area contributed by atoms with Gasteiger partial charge in [-0.3, -0.25) is 14.8 Å². The Morgan fingerprint density at radius 1 is 1.25 bits per heavy atom. The van der Waals surface area contributed by atoms with Gasteiger partial charge in [-0.15, -0.1) is 0 Å². The number of hydrogen-bond acceptors (Lipinski definition) is 5. The zero-order valence-electron chi connectivity index (χ0n) is 11.1. The molecular formula is C14H17N3O2S. The van der Waals surface area contributed by atoms with E-state index in [9.17, 15) is 4.79 Å². The Bertz CT molecular complexity index is 572. The monoisotopic (exact) mass is 291 g/mol. The Morgan fingerprint density at radius 3 is 2.95 bits per heavy atom. The lowest BCUT2D eigenvalue weighted by Gasteiger charge is -2.06. The topological polar surface area (TPSA) is 75.1 Å². The Labute approximate surface area is 121 Å². The zero-order valence-corrected chi connectivity index (χ0v) is 11.9. The van der Waals surface area contributed by atoms with Crippen molar-refractivity contribution in [2.75, 3.05) is 24.7 Å². The Morgan fingerprint density at radius 2 is 2.10 bits per heavy atom. The van der Waals surface area contributed by atoms with Crippen molar-refractivity contribution in [2.24, 2.45) is 0 Å². The number of amides is 1. The highest BCUT2D eigenvalue weighted by Crippen LogP contribution is 2.13. The van der Waals surface area contributed by atoms with E-state index in [-0.39, 0.29) is 12.5 Å². The van der Waals surface area contributed by atoms with Gasteiger partial charge in [-0.2, -0.15) is 11.8 Å². The highest BCUT2D eigenvalue weighted by Gasteiger charge is 2.10. The summed E-state index contributed by atoms with van der Waals surface area (Å²) in [6.07, 6.45) is 3.99. The van der Waals surface area contributed by atoms with Gasteiger partial charge in [0.1, 0.15) is 5.52 Å². The third-order valence-corrected chi connectivity index (χ3v) is 3.79. The lowest BCUT2D eigenvalue weighted by molar-refractivity contribution is 0.0957. The number of aliphatic hydroxyl groups is 1. The predicted octanol–water partition coefficient (Wildman–Crippen LogP) is 1.48. The molecule has 0 spiro atoms. The molecule has 1 aromatic carbocycles. The number of rotatable bonds is 7. The summed E-state index contributed by atoms with van der Waals surface area (Å²) in [6.45, 7) is 0.819. The Hall–Kier alpha value is -1.66. The summed E-state index contributed by atoms with van der Waals surface area (Å²) in [5.74, 6) is 1.62. The Balaban J connectivity index is 1.91. The molecule has 20 heavy (non-hydrogen) atoms. The minimum atomic E-state index is -0.126. The average molecular weight is 291 g/mol. The molecule has 6 heteroatoms. The molecule has 2 rings (SSSR count). The van der Waals surface area contributed by atoms with Crippen LogP contribution in [0.3, 0.4) is 0 Å². The molecule has 0 bridgehead atoms. The molecular weight excluding hydrogens is 274 g/mol. The molecule has 0 aliphatic carbocycles. The second-order valence-corrected chi connectivity index (χ2v) is 5.40. The van der Waals surface area contributed by atoms with Gasteiger partial charge < -0.3 is 10.4 Å². The maximum atomic E-state index is 12.1. The largest absolute Gasteiger partial charge is 0.396 e. The number of hydrogen-bond donors (Lipinski definition) is 2. The fourth-order valence-electron chi connectivity index (χ4n) is 1.78. The molecule has 0 aliphatic heterocycles. The van der Waals surface area contributed by atoms with Crippen molar-refractivity contribution < 1.29 is 9.90 Å². The minimum Gasteiger partial charge on any atom is -0.396 e. The quantitative estimate of drug-likeness (QED) is 0.756. The third-order valence-electron chi connectivity index (χ3n) is 2.72. The van der Waals surface area contributed by atoms with E-state index in [1.54, 1.807) is 30.2 Å². The molecule has 5 nitrogen and oxygen atoms in total. The number of nitrogens with one attached hydrogen (secondary N) is 1. The summed E-state index contributed by atoms with van der Waals surface area (Å²) in [7, 11) is 0. The van der Waals surface area contributed by atoms with E-state index in [0.717, 1.165) is 23.4 Å². The molecule has 2 N–H and O–H groups in total. The molecule has 0 atom stereocenters. The number of nitrogens with zero attached hydrogens (tertiary/aromatic N) is 2. The van der Waals surface area contributed by atoms with Gasteiger partial charge in [-0.1, -0.05) is 6.07 Å². The van der Waals surface area contributed by atoms with Crippen LogP contribution in [0.15, 0.2) is 30.6 Å². The second-order valence-electron chi connectivity index (χ2n) is 4.18. The normalized spacial score (nSPS) is 10.7. The van der Waals surface area contributed by atoms with Crippen LogP contribution in [0.5, 0.6) is 0 Å². The molecule has 0 radical (unpaired) electrons.